The van der Waals surface area contributed by atoms with Crippen LogP contribution in [0, 0.1) is 11.3 Å². The molecule has 0 aliphatic rings. The molecule has 0 unspecified atom stereocenters. The number of benzene rings is 1. The zero-order chi connectivity index (χ0) is 9.19. The second-order valence-electron chi connectivity index (χ2n) is 2.66. The first kappa shape index (κ1) is 9.05. The molecular weight excluding hydrogens is 174 g/mol. The molecule has 1 aromatic carbocycles. The molecule has 2 nitrogen and oxygen atoms in total. The Morgan fingerprint density at radius 3 is 2.58 bits per heavy atom. The molecule has 62 valence electrons. The average Bonchev–Trinajstić information content (AvgIpc) is 2.05. The van der Waals surface area contributed by atoms with Gasteiger partial charge in [0, 0.05) is 10.6 Å². The summed E-state index contributed by atoms with van der Waals surface area (Å²) in [6, 6.07) is 8.52. The van der Waals surface area contributed by atoms with Crippen molar-refractivity contribution < 1.29 is 5.11 Å². The highest BCUT2D eigenvalue weighted by molar-refractivity contribution is 6.31. The summed E-state index contributed by atoms with van der Waals surface area (Å²) in [6.45, 7) is 1.41. The van der Waals surface area contributed by atoms with Crippen LogP contribution in [-0.2, 0) is 5.60 Å². The first-order valence-corrected chi connectivity index (χ1v) is 3.84. The van der Waals surface area contributed by atoms with Crippen molar-refractivity contribution in [3.05, 3.63) is 34.9 Å². The van der Waals surface area contributed by atoms with Gasteiger partial charge in [0.05, 0.1) is 0 Å². The van der Waals surface area contributed by atoms with Crippen molar-refractivity contribution in [2.75, 3.05) is 0 Å². The highest BCUT2D eigenvalue weighted by Crippen LogP contribution is 2.26. The fourth-order valence-electron chi connectivity index (χ4n) is 0.916. The Hall–Kier alpha value is -1.04. The van der Waals surface area contributed by atoms with Crippen molar-refractivity contribution in [1.82, 2.24) is 0 Å². The summed E-state index contributed by atoms with van der Waals surface area (Å²) >= 11 is 5.78. The SMILES string of the molecule is C[C@@](O)(C#N)c1ccccc1Cl. The van der Waals surface area contributed by atoms with Gasteiger partial charge in [-0.15, -0.1) is 0 Å². The minimum atomic E-state index is -1.50. The molecule has 1 atom stereocenters. The molecule has 0 spiro atoms. The van der Waals surface area contributed by atoms with Crippen molar-refractivity contribution in [2.24, 2.45) is 0 Å². The zero-order valence-corrected chi connectivity index (χ0v) is 7.34. The van der Waals surface area contributed by atoms with Gasteiger partial charge in [0.1, 0.15) is 6.07 Å². The minimum Gasteiger partial charge on any atom is -0.372 e. The largest absolute Gasteiger partial charge is 0.372 e. The summed E-state index contributed by atoms with van der Waals surface area (Å²) in [5.41, 5.74) is -1.06. The van der Waals surface area contributed by atoms with E-state index in [1.165, 1.54) is 6.92 Å². The van der Waals surface area contributed by atoms with Crippen LogP contribution in [0.4, 0.5) is 0 Å². The summed E-state index contributed by atoms with van der Waals surface area (Å²) in [7, 11) is 0. The first-order chi connectivity index (χ1) is 5.58. The molecule has 0 aliphatic heterocycles. The number of halogens is 1. The van der Waals surface area contributed by atoms with Crippen LogP contribution in [0.2, 0.25) is 5.02 Å². The molecule has 1 N–H and O–H groups in total. The van der Waals surface area contributed by atoms with Crippen molar-refractivity contribution in [2.45, 2.75) is 12.5 Å². The molecule has 0 saturated heterocycles. The average molecular weight is 182 g/mol. The third-order valence-electron chi connectivity index (χ3n) is 1.62. The Balaban J connectivity index is 3.22. The summed E-state index contributed by atoms with van der Waals surface area (Å²) in [5, 5.41) is 18.5. The summed E-state index contributed by atoms with van der Waals surface area (Å²) in [5.74, 6) is 0. The van der Waals surface area contributed by atoms with Gasteiger partial charge in [-0.1, -0.05) is 29.8 Å². The molecule has 0 fully saturated rings. The third-order valence-corrected chi connectivity index (χ3v) is 1.95. The van der Waals surface area contributed by atoms with Crippen LogP contribution in [0.15, 0.2) is 24.3 Å². The van der Waals surface area contributed by atoms with Crippen molar-refractivity contribution in [3.63, 3.8) is 0 Å². The lowest BCUT2D eigenvalue weighted by Gasteiger charge is -2.15. The van der Waals surface area contributed by atoms with E-state index in [0.717, 1.165) is 0 Å². The van der Waals surface area contributed by atoms with E-state index in [9.17, 15) is 5.11 Å². The topological polar surface area (TPSA) is 44.0 Å². The molecule has 0 aliphatic carbocycles. The zero-order valence-electron chi connectivity index (χ0n) is 6.58. The van der Waals surface area contributed by atoms with E-state index >= 15 is 0 Å². The van der Waals surface area contributed by atoms with Gasteiger partial charge < -0.3 is 5.11 Å². The van der Waals surface area contributed by atoms with Gasteiger partial charge in [-0.25, -0.2) is 0 Å². The van der Waals surface area contributed by atoms with E-state index in [2.05, 4.69) is 0 Å². The Labute approximate surface area is 76.0 Å². The highest BCUT2D eigenvalue weighted by Gasteiger charge is 2.24. The van der Waals surface area contributed by atoms with Crippen LogP contribution in [-0.4, -0.2) is 5.11 Å². The lowest BCUT2D eigenvalue weighted by molar-refractivity contribution is 0.120. The summed E-state index contributed by atoms with van der Waals surface area (Å²) in [4.78, 5) is 0. The molecule has 1 rings (SSSR count). The standard InChI is InChI=1S/C9H8ClNO/c1-9(12,6-11)7-4-2-3-5-8(7)10/h2-5,12H,1H3/t9-/m1/s1. The highest BCUT2D eigenvalue weighted by atomic mass is 35.5. The summed E-state index contributed by atoms with van der Waals surface area (Å²) < 4.78 is 0. The predicted octanol–water partition coefficient (Wildman–Crippen LogP) is 2.07. The molecular formula is C9H8ClNO. The van der Waals surface area contributed by atoms with E-state index in [0.29, 0.717) is 10.6 Å². The Morgan fingerprint density at radius 1 is 1.50 bits per heavy atom. The van der Waals surface area contributed by atoms with Gasteiger partial charge in [0.2, 0.25) is 0 Å². The van der Waals surface area contributed by atoms with E-state index in [1.807, 2.05) is 0 Å². The lowest BCUT2D eigenvalue weighted by atomic mass is 9.98. The number of rotatable bonds is 1. The van der Waals surface area contributed by atoms with Crippen LogP contribution in [0.5, 0.6) is 0 Å². The first-order valence-electron chi connectivity index (χ1n) is 3.46. The number of nitriles is 1. The molecule has 0 heterocycles. The number of hydrogen-bond acceptors (Lipinski definition) is 2. The van der Waals surface area contributed by atoms with Crippen LogP contribution < -0.4 is 0 Å². The quantitative estimate of drug-likeness (QED) is 0.675. The molecule has 3 heteroatoms. The maximum absolute atomic E-state index is 9.53. The summed E-state index contributed by atoms with van der Waals surface area (Å²) in [6.07, 6.45) is 0. The fraction of sp³-hybridized carbons (Fsp3) is 0.222. The lowest BCUT2D eigenvalue weighted by Crippen LogP contribution is -2.18. The molecule has 0 amide bonds. The van der Waals surface area contributed by atoms with Crippen molar-refractivity contribution in [3.8, 4) is 6.07 Å². The van der Waals surface area contributed by atoms with Crippen LogP contribution in [0.3, 0.4) is 0 Å². The number of aliphatic hydroxyl groups is 1. The Bertz CT molecular complexity index is 328. The van der Waals surface area contributed by atoms with Crippen LogP contribution in [0.1, 0.15) is 12.5 Å². The van der Waals surface area contributed by atoms with Crippen molar-refractivity contribution >= 4 is 11.6 Å². The smallest absolute Gasteiger partial charge is 0.175 e. The van der Waals surface area contributed by atoms with E-state index < -0.39 is 5.60 Å². The van der Waals surface area contributed by atoms with Gasteiger partial charge >= 0.3 is 0 Å². The van der Waals surface area contributed by atoms with Gasteiger partial charge in [-0.2, -0.15) is 5.26 Å². The maximum Gasteiger partial charge on any atom is 0.175 e. The Kier molecular flexibility index (Phi) is 2.37. The maximum atomic E-state index is 9.53. The predicted molar refractivity (Wildman–Crippen MR) is 46.6 cm³/mol. The van der Waals surface area contributed by atoms with Crippen LogP contribution in [0.25, 0.3) is 0 Å². The minimum absolute atomic E-state index is 0.407. The molecule has 0 bridgehead atoms. The normalized spacial score (nSPS) is 14.8. The van der Waals surface area contributed by atoms with Gasteiger partial charge in [-0.3, -0.25) is 0 Å². The van der Waals surface area contributed by atoms with Gasteiger partial charge in [-0.05, 0) is 13.0 Å². The second-order valence-corrected chi connectivity index (χ2v) is 3.07. The Morgan fingerprint density at radius 2 is 2.08 bits per heavy atom. The van der Waals surface area contributed by atoms with Crippen molar-refractivity contribution in [1.29, 1.82) is 5.26 Å². The van der Waals surface area contributed by atoms with E-state index in [-0.39, 0.29) is 0 Å². The van der Waals surface area contributed by atoms with Gasteiger partial charge in [0.25, 0.3) is 0 Å². The van der Waals surface area contributed by atoms with E-state index in [1.54, 1.807) is 30.3 Å². The third kappa shape index (κ3) is 1.58. The second kappa shape index (κ2) is 3.14. The van der Waals surface area contributed by atoms with E-state index in [4.69, 9.17) is 16.9 Å². The molecule has 0 radical (unpaired) electrons. The fourth-order valence-corrected chi connectivity index (χ4v) is 1.24. The number of hydrogen-bond donors (Lipinski definition) is 1. The van der Waals surface area contributed by atoms with Gasteiger partial charge in [0.15, 0.2) is 5.60 Å². The molecule has 12 heavy (non-hydrogen) atoms. The molecule has 0 aromatic heterocycles. The monoisotopic (exact) mass is 181 g/mol. The molecule has 0 saturated carbocycles. The number of nitrogens with zero attached hydrogens (tertiary/aromatic N) is 1. The van der Waals surface area contributed by atoms with Crippen LogP contribution >= 0.6 is 11.6 Å². The molecule has 1 aromatic rings.